The number of allylic oxidation sites excluding steroid dienone is 1. The fourth-order valence-corrected chi connectivity index (χ4v) is 3.96. The Bertz CT molecular complexity index is 1220. The maximum Gasteiger partial charge on any atom is 0.260 e. The van der Waals surface area contributed by atoms with Crippen LogP contribution in [0, 0.1) is 11.7 Å². The van der Waals surface area contributed by atoms with Crippen LogP contribution in [0.5, 0.6) is 0 Å². The van der Waals surface area contributed by atoms with Crippen LogP contribution in [0.25, 0.3) is 5.57 Å². The molecule has 0 radical (unpaired) electrons. The first-order valence-electron chi connectivity index (χ1n) is 9.31. The Labute approximate surface area is 178 Å². The molecule has 0 unspecified atom stereocenters. The average Bonchev–Trinajstić information content (AvgIpc) is 3.55. The van der Waals surface area contributed by atoms with Crippen LogP contribution >= 0.6 is 11.6 Å². The van der Waals surface area contributed by atoms with Crippen LogP contribution in [0.3, 0.4) is 0 Å². The predicted molar refractivity (Wildman–Crippen MR) is 115 cm³/mol. The van der Waals surface area contributed by atoms with Gasteiger partial charge in [-0.25, -0.2) is 17.8 Å². The minimum Gasteiger partial charge on any atom is -0.339 e. The highest BCUT2D eigenvalue weighted by molar-refractivity contribution is 7.92. The van der Waals surface area contributed by atoms with Gasteiger partial charge < -0.3 is 10.6 Å². The van der Waals surface area contributed by atoms with Crippen molar-refractivity contribution in [1.29, 1.82) is 0 Å². The van der Waals surface area contributed by atoms with Crippen LogP contribution in [0.4, 0.5) is 21.6 Å². The first-order chi connectivity index (χ1) is 14.3. The van der Waals surface area contributed by atoms with E-state index in [0.717, 1.165) is 24.0 Å². The molecule has 4 rings (SSSR count). The molecule has 1 aliphatic carbocycles. The Morgan fingerprint density at radius 2 is 2.17 bits per heavy atom. The Morgan fingerprint density at radius 3 is 2.87 bits per heavy atom. The van der Waals surface area contributed by atoms with Gasteiger partial charge in [-0.15, -0.1) is 0 Å². The first-order valence-corrected chi connectivity index (χ1v) is 11.3. The van der Waals surface area contributed by atoms with E-state index in [1.807, 2.05) is 0 Å². The Balaban J connectivity index is 1.63. The van der Waals surface area contributed by atoms with E-state index >= 15 is 0 Å². The Morgan fingerprint density at radius 1 is 1.40 bits per heavy atom. The molecule has 10 heteroatoms. The van der Waals surface area contributed by atoms with Gasteiger partial charge in [0.2, 0.25) is 10.0 Å². The fourth-order valence-electron chi connectivity index (χ4n) is 3.10. The van der Waals surface area contributed by atoms with Crippen molar-refractivity contribution in [3.05, 3.63) is 58.3 Å². The molecule has 0 saturated heterocycles. The number of carbonyl (C=O) groups excluding carboxylic acids is 1. The number of pyridine rings is 1. The molecule has 0 spiro atoms. The number of rotatable bonds is 6. The quantitative estimate of drug-likeness (QED) is 0.574. The number of carbonyl (C=O) groups is 1. The van der Waals surface area contributed by atoms with Gasteiger partial charge in [0.25, 0.3) is 5.91 Å². The number of nitrogens with zero attached hydrogens (tertiary/aromatic N) is 1. The average molecular weight is 449 g/mol. The van der Waals surface area contributed by atoms with Crippen LogP contribution in [-0.2, 0) is 10.0 Å². The molecule has 2 aliphatic rings. The molecular weight excluding hydrogens is 431 g/mol. The number of sulfonamides is 1. The van der Waals surface area contributed by atoms with Crippen molar-refractivity contribution >= 4 is 50.3 Å². The molecule has 30 heavy (non-hydrogen) atoms. The summed E-state index contributed by atoms with van der Waals surface area (Å²) in [5.74, 6) is -1.02. The topological polar surface area (TPSA) is 100 Å². The highest BCUT2D eigenvalue weighted by Gasteiger charge is 2.30. The van der Waals surface area contributed by atoms with Crippen LogP contribution < -0.4 is 15.4 Å². The zero-order valence-corrected chi connectivity index (χ0v) is 17.5. The highest BCUT2D eigenvalue weighted by Crippen LogP contribution is 2.44. The normalized spacial score (nSPS) is 15.1. The van der Waals surface area contributed by atoms with E-state index in [4.69, 9.17) is 11.6 Å². The zero-order chi connectivity index (χ0) is 21.5. The molecule has 1 aliphatic heterocycles. The molecule has 3 N–H and O–H groups in total. The molecule has 2 aromatic rings. The lowest BCUT2D eigenvalue weighted by molar-refractivity contribution is 0.102. The zero-order valence-electron chi connectivity index (χ0n) is 15.9. The second kappa shape index (κ2) is 7.75. The summed E-state index contributed by atoms with van der Waals surface area (Å²) in [6, 6.07) is 4.18. The summed E-state index contributed by atoms with van der Waals surface area (Å²) in [5.41, 5.74) is 4.59. The van der Waals surface area contributed by atoms with Gasteiger partial charge in [-0.2, -0.15) is 0 Å². The first kappa shape index (κ1) is 20.4. The van der Waals surface area contributed by atoms with Gasteiger partial charge in [0.1, 0.15) is 5.82 Å². The second-order valence-electron chi connectivity index (χ2n) is 6.98. The smallest absolute Gasteiger partial charge is 0.260 e. The van der Waals surface area contributed by atoms with Gasteiger partial charge in [-0.1, -0.05) is 17.3 Å². The van der Waals surface area contributed by atoms with Gasteiger partial charge in [-0.05, 0) is 43.9 Å². The summed E-state index contributed by atoms with van der Waals surface area (Å²) in [4.78, 5) is 17.1. The highest BCUT2D eigenvalue weighted by atomic mass is 35.5. The number of hydrogen-bond acceptors (Lipinski definition) is 5. The fraction of sp³-hybridized carbons (Fsp3) is 0.250. The molecule has 156 valence electrons. The number of anilines is 3. The van der Waals surface area contributed by atoms with Crippen molar-refractivity contribution in [2.75, 3.05) is 21.1 Å². The molecule has 2 heterocycles. The molecule has 7 nitrogen and oxygen atoms in total. The van der Waals surface area contributed by atoms with Crippen molar-refractivity contribution in [1.82, 2.24) is 4.98 Å². The number of halogens is 2. The van der Waals surface area contributed by atoms with Gasteiger partial charge in [-0.3, -0.25) is 9.52 Å². The Hall–Kier alpha value is -2.87. The molecule has 1 aromatic carbocycles. The van der Waals surface area contributed by atoms with E-state index < -0.39 is 27.3 Å². The molecular formula is C20H18ClFN4O3S. The predicted octanol–water partition coefficient (Wildman–Crippen LogP) is 4.22. The molecule has 0 bridgehead atoms. The van der Waals surface area contributed by atoms with Gasteiger partial charge >= 0.3 is 0 Å². The third-order valence-electron chi connectivity index (χ3n) is 4.82. The van der Waals surface area contributed by atoms with Crippen molar-refractivity contribution in [2.24, 2.45) is 5.92 Å². The summed E-state index contributed by atoms with van der Waals surface area (Å²) in [7, 11) is -3.72. The summed E-state index contributed by atoms with van der Waals surface area (Å²) < 4.78 is 40.5. The number of aromatic nitrogens is 1. The van der Waals surface area contributed by atoms with Crippen LogP contribution in [0.1, 0.15) is 35.7 Å². The summed E-state index contributed by atoms with van der Waals surface area (Å²) in [6.45, 7) is 1.42. The summed E-state index contributed by atoms with van der Waals surface area (Å²) in [6.07, 6.45) is 5.31. The van der Waals surface area contributed by atoms with E-state index in [0.29, 0.717) is 17.4 Å². The number of amides is 1. The maximum atomic E-state index is 14.9. The monoisotopic (exact) mass is 448 g/mol. The molecule has 0 atom stereocenters. The van der Waals surface area contributed by atoms with Gasteiger partial charge in [0.15, 0.2) is 5.82 Å². The molecule has 1 amide bonds. The van der Waals surface area contributed by atoms with Crippen LogP contribution in [0.2, 0.25) is 5.02 Å². The number of nitrogens with one attached hydrogen (secondary N) is 3. The maximum absolute atomic E-state index is 14.9. The standard InChI is InChI=1S/C20H18ClFN4O3S/c1-2-30(28,29)26-16-6-5-15(21)17(18(16)22)20(27)25-12-9-14-13(11-3-4-11)7-8-23-19(14)24-10-12/h5-6,8-11,26H,2-4H2,1H3,(H,23,24)(H,25,27). The van der Waals surface area contributed by atoms with Gasteiger partial charge in [0, 0.05) is 17.3 Å². The van der Waals surface area contributed by atoms with E-state index in [1.54, 1.807) is 12.3 Å². The van der Waals surface area contributed by atoms with Crippen molar-refractivity contribution in [3.63, 3.8) is 0 Å². The largest absolute Gasteiger partial charge is 0.339 e. The van der Waals surface area contributed by atoms with Crippen molar-refractivity contribution < 1.29 is 17.6 Å². The van der Waals surface area contributed by atoms with Gasteiger partial charge in [0.05, 0.1) is 33.9 Å². The van der Waals surface area contributed by atoms with E-state index in [2.05, 4.69) is 26.1 Å². The number of benzene rings is 1. The SMILES string of the molecule is CCS(=O)(=O)Nc1ccc(Cl)c(C(=O)Nc2cnc3c(c2)C(C2CC2)=C=CN3)c1F. The second-order valence-corrected chi connectivity index (χ2v) is 9.40. The minimum atomic E-state index is -3.72. The van der Waals surface area contributed by atoms with E-state index in [1.165, 1.54) is 25.3 Å². The number of fused-ring (bicyclic) bond motifs is 1. The van der Waals surface area contributed by atoms with Crippen LogP contribution in [-0.4, -0.2) is 25.1 Å². The van der Waals surface area contributed by atoms with Crippen LogP contribution in [0.15, 0.2) is 36.3 Å². The lowest BCUT2D eigenvalue weighted by Gasteiger charge is -2.16. The lowest BCUT2D eigenvalue weighted by atomic mass is 10.0. The lowest BCUT2D eigenvalue weighted by Crippen LogP contribution is -2.19. The number of hydrogen-bond donors (Lipinski definition) is 3. The summed E-state index contributed by atoms with van der Waals surface area (Å²) >= 11 is 6.03. The van der Waals surface area contributed by atoms with Crippen molar-refractivity contribution in [2.45, 2.75) is 19.8 Å². The molecule has 1 fully saturated rings. The minimum absolute atomic E-state index is 0.140. The molecule has 1 saturated carbocycles. The van der Waals surface area contributed by atoms with E-state index in [-0.39, 0.29) is 16.5 Å². The molecule has 1 aromatic heterocycles. The third kappa shape index (κ3) is 4.05. The van der Waals surface area contributed by atoms with Crippen molar-refractivity contribution in [3.8, 4) is 0 Å². The Kier molecular flexibility index (Phi) is 5.27. The third-order valence-corrected chi connectivity index (χ3v) is 6.43. The summed E-state index contributed by atoms with van der Waals surface area (Å²) in [5, 5.41) is 5.46. The van der Waals surface area contributed by atoms with E-state index in [9.17, 15) is 17.6 Å².